The minimum absolute atomic E-state index is 0.0252. The third-order valence-electron chi connectivity index (χ3n) is 8.51. The first-order valence-corrected chi connectivity index (χ1v) is 13.0. The molecule has 3 N–H and O–H groups in total. The Morgan fingerprint density at radius 2 is 2.02 bits per heavy atom. The van der Waals surface area contributed by atoms with Crippen molar-refractivity contribution >= 4 is 22.8 Å². The van der Waals surface area contributed by atoms with Crippen LogP contribution in [0.1, 0.15) is 66.1 Å². The second-order valence-electron chi connectivity index (χ2n) is 10.7. The van der Waals surface area contributed by atoms with Crippen molar-refractivity contribution in [2.75, 3.05) is 0 Å². The number of aliphatic hydroxyl groups excluding tert-OH is 1. The predicted octanol–water partition coefficient (Wildman–Crippen LogP) is 2.65. The van der Waals surface area contributed by atoms with E-state index in [0.717, 1.165) is 6.92 Å². The van der Waals surface area contributed by atoms with E-state index in [0.29, 0.717) is 27.6 Å². The number of nitrogens with zero attached hydrogens (tertiary/aromatic N) is 2. The lowest BCUT2D eigenvalue weighted by Gasteiger charge is -2.31. The van der Waals surface area contributed by atoms with Gasteiger partial charge in [-0.1, -0.05) is 6.92 Å². The first kappa shape index (κ1) is 26.5. The van der Waals surface area contributed by atoms with Gasteiger partial charge in [0.25, 0.3) is 11.5 Å². The number of hydrogen-bond donors (Lipinski definition) is 3. The maximum atomic E-state index is 15.0. The first-order chi connectivity index (χ1) is 18.8. The summed E-state index contributed by atoms with van der Waals surface area (Å²) in [7, 11) is 0. The minimum atomic E-state index is -4.05. The number of aliphatic hydroxyl groups is 2. The van der Waals surface area contributed by atoms with Gasteiger partial charge in [0.2, 0.25) is 0 Å². The van der Waals surface area contributed by atoms with Gasteiger partial charge < -0.3 is 24.8 Å². The van der Waals surface area contributed by atoms with Crippen LogP contribution in [0.15, 0.2) is 16.9 Å². The van der Waals surface area contributed by atoms with Gasteiger partial charge in [-0.15, -0.1) is 0 Å². The summed E-state index contributed by atoms with van der Waals surface area (Å²) >= 11 is 0. The van der Waals surface area contributed by atoms with Crippen LogP contribution in [0.2, 0.25) is 0 Å². The van der Waals surface area contributed by atoms with E-state index in [9.17, 15) is 37.8 Å². The molecule has 3 atom stereocenters. The number of esters is 1. The average molecular weight is 558 g/mol. The van der Waals surface area contributed by atoms with Crippen LogP contribution in [-0.2, 0) is 39.5 Å². The number of amides is 1. The lowest BCUT2D eigenvalue weighted by molar-refractivity contribution is -0.172. The monoisotopic (exact) mass is 557 g/mol. The molecule has 0 spiro atoms. The van der Waals surface area contributed by atoms with Gasteiger partial charge in [-0.3, -0.25) is 9.59 Å². The maximum absolute atomic E-state index is 15.0. The highest BCUT2D eigenvalue weighted by molar-refractivity contribution is 5.94. The van der Waals surface area contributed by atoms with Crippen LogP contribution in [0.3, 0.4) is 0 Å². The Labute approximate surface area is 225 Å². The summed E-state index contributed by atoms with van der Waals surface area (Å²) in [5, 5.41) is 23.5. The topological polar surface area (TPSA) is 131 Å². The van der Waals surface area contributed by atoms with Crippen LogP contribution >= 0.6 is 0 Å². The van der Waals surface area contributed by atoms with Crippen LogP contribution in [0.5, 0.6) is 0 Å². The van der Waals surface area contributed by atoms with Crippen molar-refractivity contribution in [1.29, 1.82) is 0 Å². The van der Waals surface area contributed by atoms with Crippen molar-refractivity contribution in [3.05, 3.63) is 61.7 Å². The number of aromatic nitrogens is 2. The summed E-state index contributed by atoms with van der Waals surface area (Å²) in [6, 6.07) is 1.79. The zero-order chi connectivity index (χ0) is 28.9. The highest BCUT2D eigenvalue weighted by Crippen LogP contribution is 2.46. The van der Waals surface area contributed by atoms with Crippen molar-refractivity contribution in [3.63, 3.8) is 0 Å². The molecule has 1 unspecified atom stereocenters. The number of pyridine rings is 2. The van der Waals surface area contributed by atoms with Gasteiger partial charge in [-0.05, 0) is 55.9 Å². The van der Waals surface area contributed by atoms with Gasteiger partial charge in [-0.25, -0.2) is 14.2 Å². The molecule has 2 aromatic heterocycles. The molecule has 40 heavy (non-hydrogen) atoms. The number of halogens is 3. The maximum Gasteiger partial charge on any atom is 0.349 e. The van der Waals surface area contributed by atoms with E-state index in [2.05, 4.69) is 10.3 Å². The number of aryl methyl sites for hydroxylation is 1. The molecule has 3 aliphatic rings. The number of alkyl halides is 2. The van der Waals surface area contributed by atoms with Crippen molar-refractivity contribution in [3.8, 4) is 11.4 Å². The largest absolute Gasteiger partial charge is 0.458 e. The van der Waals surface area contributed by atoms with E-state index in [-0.39, 0.29) is 60.4 Å². The fraction of sp³-hybridized carbons (Fsp3) is 0.429. The van der Waals surface area contributed by atoms with Gasteiger partial charge in [0.15, 0.2) is 5.60 Å². The zero-order valence-electron chi connectivity index (χ0n) is 21.9. The van der Waals surface area contributed by atoms with E-state index >= 15 is 0 Å². The van der Waals surface area contributed by atoms with Crippen molar-refractivity contribution in [2.24, 2.45) is 0 Å². The van der Waals surface area contributed by atoms with Gasteiger partial charge in [0.05, 0.1) is 35.1 Å². The highest BCUT2D eigenvalue weighted by atomic mass is 19.3. The van der Waals surface area contributed by atoms with E-state index in [1.807, 2.05) is 0 Å². The summed E-state index contributed by atoms with van der Waals surface area (Å²) in [6.07, 6.45) is -1.82. The first-order valence-electron chi connectivity index (χ1n) is 13.0. The molecule has 12 heteroatoms. The predicted molar refractivity (Wildman–Crippen MR) is 135 cm³/mol. The number of rotatable bonds is 4. The van der Waals surface area contributed by atoms with Crippen molar-refractivity contribution in [2.45, 2.75) is 76.9 Å². The molecule has 1 aromatic carbocycles. The summed E-state index contributed by atoms with van der Waals surface area (Å²) < 4.78 is 50.3. The molecule has 1 aliphatic carbocycles. The van der Waals surface area contributed by atoms with Crippen LogP contribution < -0.4 is 10.9 Å². The Bertz CT molecular complexity index is 1720. The summed E-state index contributed by atoms with van der Waals surface area (Å²) in [4.78, 5) is 43.3. The highest BCUT2D eigenvalue weighted by Gasteiger charge is 2.47. The van der Waals surface area contributed by atoms with Gasteiger partial charge in [-0.2, -0.15) is 8.78 Å². The number of ether oxygens (including phenoxy) is 1. The summed E-state index contributed by atoms with van der Waals surface area (Å²) in [5.41, 5.74) is 0.341. The molecule has 0 saturated carbocycles. The van der Waals surface area contributed by atoms with Crippen LogP contribution in [0.25, 0.3) is 22.3 Å². The Kier molecular flexibility index (Phi) is 5.70. The number of hydrogen-bond acceptors (Lipinski definition) is 7. The summed E-state index contributed by atoms with van der Waals surface area (Å²) in [5.74, 6) is -7.09. The normalized spacial score (nSPS) is 21.9. The summed E-state index contributed by atoms with van der Waals surface area (Å²) in [6.45, 7) is 3.66. The lowest BCUT2D eigenvalue weighted by Crippen LogP contribution is -2.48. The van der Waals surface area contributed by atoms with Gasteiger partial charge >= 0.3 is 11.9 Å². The molecule has 2 aliphatic heterocycles. The van der Waals surface area contributed by atoms with E-state index in [1.165, 1.54) is 16.7 Å². The molecule has 9 nitrogen and oxygen atoms in total. The Hall–Kier alpha value is -3.77. The molecule has 0 bridgehead atoms. The van der Waals surface area contributed by atoms with Gasteiger partial charge in [0.1, 0.15) is 18.5 Å². The Balaban J connectivity index is 1.61. The molecule has 6 rings (SSSR count). The Morgan fingerprint density at radius 3 is 2.70 bits per heavy atom. The number of cyclic esters (lactones) is 1. The third kappa shape index (κ3) is 3.41. The molecule has 1 amide bonds. The molecular weight excluding hydrogens is 531 g/mol. The van der Waals surface area contributed by atoms with Crippen LogP contribution in [0.4, 0.5) is 13.2 Å². The molecular formula is C28H26F3N3O6. The number of carbonyl (C=O) groups is 2. The fourth-order valence-corrected chi connectivity index (χ4v) is 6.14. The quantitative estimate of drug-likeness (QED) is 0.329. The van der Waals surface area contributed by atoms with E-state index < -0.39 is 46.9 Å². The number of fused-ring (bicyclic) bond motifs is 5. The molecule has 4 heterocycles. The number of benzene rings is 1. The molecule has 0 fully saturated rings. The van der Waals surface area contributed by atoms with E-state index in [4.69, 9.17) is 4.74 Å². The molecule has 0 saturated heterocycles. The molecule has 0 radical (unpaired) electrons. The van der Waals surface area contributed by atoms with Crippen molar-refractivity contribution in [1.82, 2.24) is 14.9 Å². The second kappa shape index (κ2) is 8.61. The fourth-order valence-electron chi connectivity index (χ4n) is 6.14. The van der Waals surface area contributed by atoms with E-state index in [1.54, 1.807) is 13.8 Å². The zero-order valence-corrected chi connectivity index (χ0v) is 21.9. The van der Waals surface area contributed by atoms with Gasteiger partial charge in [0, 0.05) is 22.6 Å². The standard InChI is InChI=1S/C28H26F3N3O6/c1-4-27(39)16-7-20-23-14(9-34(20)24(36)15(16)10-40-26(27)38)22-18(33-25(37)28(30,31)12(3)35)6-5-13-11(2)17(29)8-19(32-23)21(13)22/h7-8,12,18,35,39H,4-6,9-10H2,1-3H3,(H,33,37)/t12?,18-,27-/m0/s1. The van der Waals surface area contributed by atoms with Crippen LogP contribution in [-0.4, -0.2) is 43.7 Å². The van der Waals surface area contributed by atoms with Crippen LogP contribution in [0, 0.1) is 12.7 Å². The second-order valence-corrected chi connectivity index (χ2v) is 10.7. The number of nitrogens with one attached hydrogen (secondary N) is 1. The molecule has 210 valence electrons. The smallest absolute Gasteiger partial charge is 0.349 e. The minimum Gasteiger partial charge on any atom is -0.458 e. The Morgan fingerprint density at radius 1 is 1.30 bits per heavy atom. The van der Waals surface area contributed by atoms with Crippen molar-refractivity contribution < 1.29 is 37.7 Å². The molecule has 3 aromatic rings. The lowest BCUT2D eigenvalue weighted by atomic mass is 9.81. The SMILES string of the molecule is CC[C@@]1(O)C(=O)OCc2c1cc1n(c2=O)Cc2c-1nc1cc(F)c(C)c3c1c2[C@@H](NC(=O)C(F)(F)C(C)O)CC3. The average Bonchev–Trinajstić information content (AvgIpc) is 3.28. The number of carbonyl (C=O) groups excluding carboxylic acids is 2. The third-order valence-corrected chi connectivity index (χ3v) is 8.51.